The van der Waals surface area contributed by atoms with Gasteiger partial charge in [0.2, 0.25) is 0 Å². The van der Waals surface area contributed by atoms with Crippen molar-refractivity contribution in [2.24, 2.45) is 0 Å². The van der Waals surface area contributed by atoms with Gasteiger partial charge in [-0.1, -0.05) is 29.8 Å². The number of hydrogen-bond donors (Lipinski definition) is 0. The number of esters is 1. The maximum atomic E-state index is 12.7. The minimum Gasteiger partial charge on any atom is -0.493 e. The predicted molar refractivity (Wildman–Crippen MR) is 102 cm³/mol. The Labute approximate surface area is 162 Å². The molecule has 1 atom stereocenters. The van der Waals surface area contributed by atoms with Crippen LogP contribution in [0.25, 0.3) is 0 Å². The molecule has 7 heteroatoms. The van der Waals surface area contributed by atoms with Crippen LogP contribution in [0.3, 0.4) is 0 Å². The van der Waals surface area contributed by atoms with E-state index in [0.717, 1.165) is 17.7 Å². The molecule has 2 aromatic carbocycles. The normalized spacial score (nSPS) is 13.7. The molecule has 1 aliphatic rings. The van der Waals surface area contributed by atoms with Crippen LogP contribution >= 0.6 is 11.6 Å². The van der Waals surface area contributed by atoms with Crippen LogP contribution in [0.2, 0.25) is 5.02 Å². The van der Waals surface area contributed by atoms with Crippen molar-refractivity contribution in [3.8, 4) is 11.5 Å². The van der Waals surface area contributed by atoms with Crippen LogP contribution in [0.5, 0.6) is 11.5 Å². The summed E-state index contributed by atoms with van der Waals surface area (Å²) in [6.07, 6.45) is -0.149. The molecule has 0 aromatic heterocycles. The van der Waals surface area contributed by atoms with Gasteiger partial charge >= 0.3 is 5.97 Å². The lowest BCUT2D eigenvalue weighted by Gasteiger charge is -2.22. The molecular formula is C20H20ClNO5. The van der Waals surface area contributed by atoms with Gasteiger partial charge in [-0.2, -0.15) is 0 Å². The summed E-state index contributed by atoms with van der Waals surface area (Å²) in [5.74, 6) is -0.288. The molecule has 0 aliphatic carbocycles. The summed E-state index contributed by atoms with van der Waals surface area (Å²) in [6, 6.07) is 10.6. The Hall–Kier alpha value is -2.73. The van der Waals surface area contributed by atoms with Crippen LogP contribution in [-0.2, 0) is 16.0 Å². The molecule has 0 saturated heterocycles. The number of benzene rings is 2. The number of ether oxygens (including phenoxy) is 3. The summed E-state index contributed by atoms with van der Waals surface area (Å²) in [7, 11) is 2.90. The van der Waals surface area contributed by atoms with Crippen molar-refractivity contribution >= 4 is 29.2 Å². The lowest BCUT2D eigenvalue weighted by Crippen LogP contribution is -2.39. The third kappa shape index (κ3) is 3.71. The zero-order valence-electron chi connectivity index (χ0n) is 15.3. The molecule has 27 heavy (non-hydrogen) atoms. The molecule has 0 N–H and O–H groups in total. The Balaban J connectivity index is 1.75. The number of carbonyl (C=O) groups is 2. The summed E-state index contributed by atoms with van der Waals surface area (Å²) in [5, 5.41) is 0.219. The average molecular weight is 390 g/mol. The first-order chi connectivity index (χ1) is 13.0. The minimum atomic E-state index is -0.935. The second-order valence-electron chi connectivity index (χ2n) is 6.11. The second kappa shape index (κ2) is 7.88. The number of anilines is 1. The fourth-order valence-corrected chi connectivity index (χ4v) is 3.39. The van der Waals surface area contributed by atoms with Gasteiger partial charge in [0.1, 0.15) is 0 Å². The van der Waals surface area contributed by atoms with Crippen molar-refractivity contribution in [1.82, 2.24) is 0 Å². The number of amides is 1. The molecule has 1 amide bonds. The molecule has 2 aromatic rings. The van der Waals surface area contributed by atoms with Gasteiger partial charge in [0.05, 0.1) is 24.8 Å². The van der Waals surface area contributed by atoms with E-state index in [4.69, 9.17) is 25.8 Å². The Morgan fingerprint density at radius 3 is 2.59 bits per heavy atom. The molecule has 3 rings (SSSR count). The molecule has 6 nitrogen and oxygen atoms in total. The smallest absolute Gasteiger partial charge is 0.339 e. The number of halogens is 1. The van der Waals surface area contributed by atoms with E-state index in [9.17, 15) is 9.59 Å². The largest absolute Gasteiger partial charge is 0.493 e. The Kier molecular flexibility index (Phi) is 5.56. The fraction of sp³-hybridized carbons (Fsp3) is 0.300. The van der Waals surface area contributed by atoms with Gasteiger partial charge in [-0.05, 0) is 37.1 Å². The SMILES string of the molecule is COc1cc(C(=O)O[C@@H](C)C(=O)N2CCc3ccccc32)cc(Cl)c1OC. The molecule has 0 bridgehead atoms. The first-order valence-corrected chi connectivity index (χ1v) is 8.85. The van der Waals surface area contributed by atoms with E-state index in [0.29, 0.717) is 18.0 Å². The molecule has 142 valence electrons. The molecule has 1 aliphatic heterocycles. The molecule has 0 saturated carbocycles. The fourth-order valence-electron chi connectivity index (χ4n) is 3.10. The van der Waals surface area contributed by atoms with Crippen molar-refractivity contribution in [1.29, 1.82) is 0 Å². The lowest BCUT2D eigenvalue weighted by atomic mass is 10.2. The van der Waals surface area contributed by atoms with E-state index in [2.05, 4.69) is 0 Å². The molecule has 0 spiro atoms. The minimum absolute atomic E-state index is 0.180. The van der Waals surface area contributed by atoms with Gasteiger partial charge in [-0.25, -0.2) is 4.79 Å². The first kappa shape index (κ1) is 19.0. The highest BCUT2D eigenvalue weighted by Crippen LogP contribution is 2.36. The van der Waals surface area contributed by atoms with Crippen LogP contribution in [0.1, 0.15) is 22.8 Å². The van der Waals surface area contributed by atoms with E-state index >= 15 is 0 Å². The molecule has 0 fully saturated rings. The van der Waals surface area contributed by atoms with E-state index in [1.807, 2.05) is 24.3 Å². The van der Waals surface area contributed by atoms with Crippen LogP contribution in [0.15, 0.2) is 36.4 Å². The summed E-state index contributed by atoms with van der Waals surface area (Å²) < 4.78 is 15.7. The maximum Gasteiger partial charge on any atom is 0.339 e. The Morgan fingerprint density at radius 2 is 1.89 bits per heavy atom. The highest BCUT2D eigenvalue weighted by atomic mass is 35.5. The van der Waals surface area contributed by atoms with Crippen molar-refractivity contribution in [3.63, 3.8) is 0 Å². The second-order valence-corrected chi connectivity index (χ2v) is 6.52. The molecular weight excluding hydrogens is 370 g/mol. The highest BCUT2D eigenvalue weighted by molar-refractivity contribution is 6.32. The monoisotopic (exact) mass is 389 g/mol. The maximum absolute atomic E-state index is 12.7. The van der Waals surface area contributed by atoms with Crippen LogP contribution in [0.4, 0.5) is 5.69 Å². The number of carbonyl (C=O) groups excluding carboxylic acids is 2. The zero-order chi connectivity index (χ0) is 19.6. The Morgan fingerprint density at radius 1 is 1.15 bits per heavy atom. The molecule has 0 unspecified atom stereocenters. The number of para-hydroxylation sites is 1. The van der Waals surface area contributed by atoms with E-state index in [1.54, 1.807) is 11.8 Å². The molecule has 1 heterocycles. The van der Waals surface area contributed by atoms with Crippen LogP contribution in [-0.4, -0.2) is 38.7 Å². The van der Waals surface area contributed by atoms with Gasteiger partial charge < -0.3 is 19.1 Å². The van der Waals surface area contributed by atoms with Gasteiger partial charge in [-0.15, -0.1) is 0 Å². The average Bonchev–Trinajstić information content (AvgIpc) is 3.10. The number of methoxy groups -OCH3 is 2. The van der Waals surface area contributed by atoms with E-state index in [1.165, 1.54) is 26.4 Å². The van der Waals surface area contributed by atoms with E-state index < -0.39 is 12.1 Å². The zero-order valence-corrected chi connectivity index (χ0v) is 16.1. The molecule has 0 radical (unpaired) electrons. The van der Waals surface area contributed by atoms with E-state index in [-0.39, 0.29) is 16.5 Å². The van der Waals surface area contributed by atoms with Crippen molar-refractivity contribution in [2.75, 3.05) is 25.7 Å². The number of hydrogen-bond acceptors (Lipinski definition) is 5. The standard InChI is InChI=1S/C20H20ClNO5/c1-12(19(23)22-9-8-13-6-4-5-7-16(13)22)27-20(24)14-10-15(21)18(26-3)17(11-14)25-2/h4-7,10-12H,8-9H2,1-3H3/t12-/m0/s1. The van der Waals surface area contributed by atoms with Gasteiger partial charge in [0, 0.05) is 12.2 Å². The van der Waals surface area contributed by atoms with Crippen molar-refractivity contribution in [2.45, 2.75) is 19.4 Å². The third-order valence-corrected chi connectivity index (χ3v) is 4.73. The third-order valence-electron chi connectivity index (χ3n) is 4.45. The quantitative estimate of drug-likeness (QED) is 0.732. The number of fused-ring (bicyclic) bond motifs is 1. The first-order valence-electron chi connectivity index (χ1n) is 8.48. The van der Waals surface area contributed by atoms with Crippen LogP contribution in [0, 0.1) is 0 Å². The van der Waals surface area contributed by atoms with Crippen LogP contribution < -0.4 is 14.4 Å². The van der Waals surface area contributed by atoms with Gasteiger partial charge in [-0.3, -0.25) is 4.79 Å². The summed E-state index contributed by atoms with van der Waals surface area (Å²) in [6.45, 7) is 2.13. The number of nitrogens with zero attached hydrogens (tertiary/aromatic N) is 1. The van der Waals surface area contributed by atoms with Crippen molar-refractivity contribution in [3.05, 3.63) is 52.5 Å². The Bertz CT molecular complexity index is 883. The number of rotatable bonds is 5. The predicted octanol–water partition coefficient (Wildman–Crippen LogP) is 3.49. The van der Waals surface area contributed by atoms with Crippen molar-refractivity contribution < 1.29 is 23.8 Å². The summed E-state index contributed by atoms with van der Waals surface area (Å²) in [4.78, 5) is 26.9. The highest BCUT2D eigenvalue weighted by Gasteiger charge is 2.30. The lowest BCUT2D eigenvalue weighted by molar-refractivity contribution is -0.126. The van der Waals surface area contributed by atoms with Gasteiger partial charge in [0.15, 0.2) is 17.6 Å². The summed E-state index contributed by atoms with van der Waals surface area (Å²) in [5.41, 5.74) is 2.15. The summed E-state index contributed by atoms with van der Waals surface area (Å²) >= 11 is 6.13. The van der Waals surface area contributed by atoms with Gasteiger partial charge in [0.25, 0.3) is 5.91 Å². The topological polar surface area (TPSA) is 65.1 Å².